The molecule has 1 unspecified atom stereocenters. The van der Waals surface area contributed by atoms with Crippen LogP contribution in [-0.2, 0) is 4.79 Å². The van der Waals surface area contributed by atoms with Crippen molar-refractivity contribution in [1.29, 1.82) is 0 Å². The van der Waals surface area contributed by atoms with Crippen LogP contribution in [-0.4, -0.2) is 23.9 Å². The summed E-state index contributed by atoms with van der Waals surface area (Å²) in [7, 11) is 1.56. The third kappa shape index (κ3) is 6.71. The first kappa shape index (κ1) is 27.5. The Morgan fingerprint density at radius 3 is 2.40 bits per heavy atom. The molecule has 0 fully saturated rings. The standard InChI is InChI=1S/C31H24ClN3O3S2/c1-38-23-11-7-10-21(18-23)29(36)33-22-14-16-24(17-15-22)40-28(20-8-3-2-4-9-20)30(37)35-31-34-27(19-39-31)25-12-5-6-13-26(25)32/h2-19,28H,1H3,(H,33,36)(H,34,35,37). The maximum absolute atomic E-state index is 13.5. The minimum absolute atomic E-state index is 0.188. The minimum Gasteiger partial charge on any atom is -0.497 e. The summed E-state index contributed by atoms with van der Waals surface area (Å²) in [5.74, 6) is 0.189. The summed E-state index contributed by atoms with van der Waals surface area (Å²) < 4.78 is 5.20. The van der Waals surface area contributed by atoms with Gasteiger partial charge in [0.15, 0.2) is 5.13 Å². The SMILES string of the molecule is COc1cccc(C(=O)Nc2ccc(SC(C(=O)Nc3nc(-c4ccccc4Cl)cs3)c3ccccc3)cc2)c1. The molecule has 2 amide bonds. The van der Waals surface area contributed by atoms with Gasteiger partial charge in [0, 0.05) is 32.1 Å². The van der Waals surface area contributed by atoms with Crippen molar-refractivity contribution in [1.82, 2.24) is 4.98 Å². The number of thiazole rings is 1. The summed E-state index contributed by atoms with van der Waals surface area (Å²) in [4.78, 5) is 31.6. The van der Waals surface area contributed by atoms with Gasteiger partial charge >= 0.3 is 0 Å². The second-order valence-electron chi connectivity index (χ2n) is 8.63. The zero-order valence-corrected chi connectivity index (χ0v) is 23.7. The van der Waals surface area contributed by atoms with E-state index in [4.69, 9.17) is 16.3 Å². The van der Waals surface area contributed by atoms with E-state index in [0.29, 0.717) is 32.8 Å². The van der Waals surface area contributed by atoms with Gasteiger partial charge in [0.25, 0.3) is 5.91 Å². The van der Waals surface area contributed by atoms with Gasteiger partial charge in [-0.3, -0.25) is 9.59 Å². The molecule has 1 heterocycles. The van der Waals surface area contributed by atoms with Crippen molar-refractivity contribution in [3.8, 4) is 17.0 Å². The highest BCUT2D eigenvalue weighted by Crippen LogP contribution is 2.37. The summed E-state index contributed by atoms with van der Waals surface area (Å²) in [5.41, 5.74) is 3.53. The van der Waals surface area contributed by atoms with E-state index in [1.807, 2.05) is 84.2 Å². The Bertz CT molecular complexity index is 1620. The van der Waals surface area contributed by atoms with E-state index in [2.05, 4.69) is 15.6 Å². The van der Waals surface area contributed by atoms with Crippen molar-refractivity contribution in [2.24, 2.45) is 0 Å². The number of rotatable bonds is 9. The fraction of sp³-hybridized carbons (Fsp3) is 0.0645. The van der Waals surface area contributed by atoms with Gasteiger partial charge in [0.2, 0.25) is 5.91 Å². The molecule has 0 bridgehead atoms. The molecule has 0 aliphatic rings. The highest BCUT2D eigenvalue weighted by atomic mass is 35.5. The topological polar surface area (TPSA) is 80.3 Å². The second-order valence-corrected chi connectivity index (χ2v) is 11.1. The lowest BCUT2D eigenvalue weighted by Gasteiger charge is -2.16. The van der Waals surface area contributed by atoms with Gasteiger partial charge in [-0.05, 0) is 54.1 Å². The van der Waals surface area contributed by atoms with Crippen LogP contribution >= 0.6 is 34.7 Å². The quantitative estimate of drug-likeness (QED) is 0.170. The number of amides is 2. The summed E-state index contributed by atoms with van der Waals surface area (Å²) in [6.45, 7) is 0. The van der Waals surface area contributed by atoms with E-state index in [0.717, 1.165) is 16.0 Å². The molecule has 2 N–H and O–H groups in total. The average molecular weight is 586 g/mol. The van der Waals surface area contributed by atoms with Crippen molar-refractivity contribution in [2.75, 3.05) is 17.7 Å². The first-order valence-corrected chi connectivity index (χ1v) is 14.4. The van der Waals surface area contributed by atoms with Crippen molar-refractivity contribution in [3.63, 3.8) is 0 Å². The largest absolute Gasteiger partial charge is 0.497 e. The van der Waals surface area contributed by atoms with Crippen molar-refractivity contribution in [2.45, 2.75) is 10.1 Å². The van der Waals surface area contributed by atoms with Gasteiger partial charge < -0.3 is 15.4 Å². The van der Waals surface area contributed by atoms with Gasteiger partial charge in [-0.1, -0.05) is 66.2 Å². The van der Waals surface area contributed by atoms with Gasteiger partial charge in [-0.2, -0.15) is 0 Å². The maximum Gasteiger partial charge on any atom is 0.255 e. The number of nitrogens with one attached hydrogen (secondary N) is 2. The number of anilines is 2. The third-order valence-corrected chi connectivity index (χ3v) is 8.28. The number of hydrogen-bond donors (Lipinski definition) is 2. The van der Waals surface area contributed by atoms with Crippen LogP contribution in [0.25, 0.3) is 11.3 Å². The predicted molar refractivity (Wildman–Crippen MR) is 164 cm³/mol. The van der Waals surface area contributed by atoms with Crippen molar-refractivity contribution < 1.29 is 14.3 Å². The second kappa shape index (κ2) is 12.8. The molecule has 1 atom stereocenters. The lowest BCUT2D eigenvalue weighted by Crippen LogP contribution is -2.19. The molecule has 200 valence electrons. The first-order valence-electron chi connectivity index (χ1n) is 12.3. The van der Waals surface area contributed by atoms with Crippen molar-refractivity contribution in [3.05, 3.63) is 125 Å². The molecule has 0 aliphatic carbocycles. The Labute approximate surface area is 245 Å². The Morgan fingerprint density at radius 1 is 0.900 bits per heavy atom. The number of carbonyl (C=O) groups excluding carboxylic acids is 2. The monoisotopic (exact) mass is 585 g/mol. The van der Waals surface area contributed by atoms with Crippen LogP contribution in [0, 0.1) is 0 Å². The van der Waals surface area contributed by atoms with E-state index in [9.17, 15) is 9.59 Å². The molecular formula is C31H24ClN3O3S2. The lowest BCUT2D eigenvalue weighted by atomic mass is 10.1. The minimum atomic E-state index is -0.522. The zero-order chi connectivity index (χ0) is 27.9. The maximum atomic E-state index is 13.5. The summed E-state index contributed by atoms with van der Waals surface area (Å²) in [5, 5.41) is 8.32. The van der Waals surface area contributed by atoms with Crippen LogP contribution in [0.1, 0.15) is 21.2 Å². The van der Waals surface area contributed by atoms with E-state index >= 15 is 0 Å². The smallest absolute Gasteiger partial charge is 0.255 e. The summed E-state index contributed by atoms with van der Waals surface area (Å²) >= 11 is 9.09. The molecule has 5 rings (SSSR count). The van der Waals surface area contributed by atoms with Gasteiger partial charge in [-0.15, -0.1) is 23.1 Å². The van der Waals surface area contributed by atoms with Crippen molar-refractivity contribution >= 4 is 57.3 Å². The summed E-state index contributed by atoms with van der Waals surface area (Å²) in [6, 6.07) is 31.4. The average Bonchev–Trinajstić information content (AvgIpc) is 3.45. The normalized spacial score (nSPS) is 11.4. The Morgan fingerprint density at radius 2 is 1.65 bits per heavy atom. The van der Waals surface area contributed by atoms with Crippen LogP contribution in [0.5, 0.6) is 5.75 Å². The molecule has 1 aromatic heterocycles. The number of hydrogen-bond acceptors (Lipinski definition) is 6. The van der Waals surface area contributed by atoms with E-state index in [1.165, 1.54) is 23.1 Å². The van der Waals surface area contributed by atoms with Crippen LogP contribution in [0.4, 0.5) is 10.8 Å². The third-order valence-electron chi connectivity index (χ3n) is 5.92. The molecule has 0 saturated carbocycles. The molecule has 6 nitrogen and oxygen atoms in total. The molecule has 9 heteroatoms. The number of carbonyl (C=O) groups is 2. The fourth-order valence-corrected chi connectivity index (χ4v) is 5.89. The fourth-order valence-electron chi connectivity index (χ4n) is 3.92. The van der Waals surface area contributed by atoms with Crippen LogP contribution in [0.3, 0.4) is 0 Å². The number of ether oxygens (including phenoxy) is 1. The van der Waals surface area contributed by atoms with Gasteiger partial charge in [-0.25, -0.2) is 4.98 Å². The van der Waals surface area contributed by atoms with Crippen LogP contribution in [0.2, 0.25) is 5.02 Å². The molecule has 4 aromatic carbocycles. The van der Waals surface area contributed by atoms with E-state index < -0.39 is 5.25 Å². The highest BCUT2D eigenvalue weighted by molar-refractivity contribution is 8.00. The number of aromatic nitrogens is 1. The molecule has 0 radical (unpaired) electrons. The van der Waals surface area contributed by atoms with Gasteiger partial charge in [0.1, 0.15) is 11.0 Å². The number of benzene rings is 4. The molecular weight excluding hydrogens is 562 g/mol. The number of thioether (sulfide) groups is 1. The molecule has 0 aliphatic heterocycles. The Hall–Kier alpha value is -4.11. The van der Waals surface area contributed by atoms with E-state index in [1.54, 1.807) is 31.4 Å². The molecule has 0 saturated heterocycles. The Balaban J connectivity index is 1.30. The Kier molecular flexibility index (Phi) is 8.81. The highest BCUT2D eigenvalue weighted by Gasteiger charge is 2.23. The predicted octanol–water partition coefficient (Wildman–Crippen LogP) is 8.20. The molecule has 0 spiro atoms. The number of methoxy groups -OCH3 is 1. The number of halogens is 1. The zero-order valence-electron chi connectivity index (χ0n) is 21.3. The molecule has 5 aromatic rings. The first-order chi connectivity index (χ1) is 19.5. The van der Waals surface area contributed by atoms with Crippen LogP contribution < -0.4 is 15.4 Å². The lowest BCUT2D eigenvalue weighted by molar-refractivity contribution is -0.115. The van der Waals surface area contributed by atoms with E-state index in [-0.39, 0.29) is 11.8 Å². The summed E-state index contributed by atoms with van der Waals surface area (Å²) in [6.07, 6.45) is 0. The molecule has 40 heavy (non-hydrogen) atoms. The van der Waals surface area contributed by atoms with Gasteiger partial charge in [0.05, 0.1) is 12.8 Å². The van der Waals surface area contributed by atoms with Crippen LogP contribution in [0.15, 0.2) is 113 Å². The number of nitrogens with zero attached hydrogens (tertiary/aromatic N) is 1.